The van der Waals surface area contributed by atoms with Crippen LogP contribution in [0.15, 0.2) is 60.7 Å². The maximum absolute atomic E-state index is 12.4. The van der Waals surface area contributed by atoms with Crippen LogP contribution in [0.1, 0.15) is 76.6 Å². The molecule has 98 heavy (non-hydrogen) atoms. The molecule has 3 N–H and O–H groups in total. The lowest BCUT2D eigenvalue weighted by atomic mass is 9.84. The molecule has 29 heteroatoms. The zero-order valence-corrected chi connectivity index (χ0v) is 60.0. The Balaban J connectivity index is 0.000000344. The third-order valence-electron chi connectivity index (χ3n) is 13.8. The number of hydrogen-bond acceptors (Lipinski definition) is 25. The minimum atomic E-state index is -0.356. The number of benzene rings is 4. The molecule has 0 aliphatic rings. The van der Waals surface area contributed by atoms with Crippen LogP contribution in [0.3, 0.4) is 0 Å². The van der Waals surface area contributed by atoms with Crippen molar-refractivity contribution in [1.82, 2.24) is 30.0 Å². The van der Waals surface area contributed by atoms with Crippen LogP contribution in [0, 0.1) is 0 Å². The zero-order chi connectivity index (χ0) is 71.2. The van der Waals surface area contributed by atoms with Crippen LogP contribution >= 0.6 is 23.2 Å². The number of phenolic OH excluding ortho intramolecular Hbond substituents is 2. The summed E-state index contributed by atoms with van der Waals surface area (Å²) >= 11 is 12.1. The van der Waals surface area contributed by atoms with E-state index in [1.54, 1.807) is 62.8 Å². The molecule has 6 aromatic rings. The zero-order valence-electron chi connectivity index (χ0n) is 58.5. The average Bonchev–Trinajstić information content (AvgIpc) is 1.53. The van der Waals surface area contributed by atoms with Crippen molar-refractivity contribution in [3.05, 3.63) is 93.0 Å². The molecule has 0 aliphatic carbocycles. The van der Waals surface area contributed by atoms with Gasteiger partial charge in [0.2, 0.25) is 0 Å². The normalized spacial score (nSPS) is 11.7. The highest BCUT2D eigenvalue weighted by Crippen LogP contribution is 2.38. The van der Waals surface area contributed by atoms with Crippen LogP contribution in [0.5, 0.6) is 11.5 Å². The third kappa shape index (κ3) is 35.0. The molecule has 0 bridgehead atoms. The summed E-state index contributed by atoms with van der Waals surface area (Å²) in [4.78, 5) is 26.8. The highest BCUT2D eigenvalue weighted by molar-refractivity contribution is 6.31. The number of methoxy groups -OCH3 is 3. The number of nitrogens with zero attached hydrogens (tertiary/aromatic N) is 6. The number of rotatable bonds is 49. The second-order valence-electron chi connectivity index (χ2n) is 23.6. The number of esters is 2. The fourth-order valence-corrected chi connectivity index (χ4v) is 9.05. The van der Waals surface area contributed by atoms with Gasteiger partial charge in [-0.1, -0.05) is 76.9 Å². The van der Waals surface area contributed by atoms with Gasteiger partial charge in [0.1, 0.15) is 51.5 Å². The topological polar surface area (TPSA) is 304 Å². The van der Waals surface area contributed by atoms with E-state index in [1.165, 1.54) is 16.7 Å². The van der Waals surface area contributed by atoms with E-state index in [9.17, 15) is 19.8 Å². The summed E-state index contributed by atoms with van der Waals surface area (Å²) in [5, 5.41) is 49.6. The molecule has 0 fully saturated rings. The Bertz CT molecular complexity index is 3120. The fourth-order valence-electron chi connectivity index (χ4n) is 8.72. The molecule has 0 unspecified atom stereocenters. The Morgan fingerprint density at radius 2 is 0.673 bits per heavy atom. The summed E-state index contributed by atoms with van der Waals surface area (Å²) in [5.41, 5.74) is 6.08. The van der Waals surface area contributed by atoms with Crippen LogP contribution in [0.2, 0.25) is 10.0 Å². The first-order valence-corrected chi connectivity index (χ1v) is 33.6. The van der Waals surface area contributed by atoms with Crippen molar-refractivity contribution >= 4 is 57.2 Å². The van der Waals surface area contributed by atoms with Crippen molar-refractivity contribution in [2.45, 2.75) is 78.1 Å². The first kappa shape index (κ1) is 84.6. The number of fused-ring (bicyclic) bond motifs is 2. The first-order chi connectivity index (χ1) is 47.3. The summed E-state index contributed by atoms with van der Waals surface area (Å²) in [5.74, 6) is -0.403. The monoisotopic (exact) mass is 1420 g/mol. The van der Waals surface area contributed by atoms with E-state index >= 15 is 0 Å². The molecule has 0 aliphatic heterocycles. The fraction of sp³-hybridized carbons (Fsp3) is 0.623. The quantitative estimate of drug-likeness (QED) is 0.0239. The second-order valence-corrected chi connectivity index (χ2v) is 24.5. The van der Waals surface area contributed by atoms with Crippen molar-refractivity contribution in [3.63, 3.8) is 0 Å². The highest BCUT2D eigenvalue weighted by Gasteiger charge is 2.26. The van der Waals surface area contributed by atoms with E-state index in [1.807, 2.05) is 53.7 Å². The minimum absolute atomic E-state index is 0.0380. The lowest BCUT2D eigenvalue weighted by molar-refractivity contribution is -0.145. The van der Waals surface area contributed by atoms with Crippen LogP contribution in [-0.4, -0.2) is 264 Å². The Morgan fingerprint density at radius 3 is 0.969 bits per heavy atom. The van der Waals surface area contributed by atoms with Crippen molar-refractivity contribution in [2.75, 3.05) is 206 Å². The molecule has 0 spiro atoms. The number of carbonyl (C=O) groups is 2. The number of phenols is 2. The van der Waals surface area contributed by atoms with Crippen LogP contribution in [0.4, 0.5) is 0 Å². The number of aryl methyl sites for hydroxylation is 2. The summed E-state index contributed by atoms with van der Waals surface area (Å²) in [7, 11) is 4.65. The molecule has 27 nitrogen and oxygen atoms in total. The Hall–Kier alpha value is -5.80. The van der Waals surface area contributed by atoms with Gasteiger partial charge in [-0.25, -0.2) is 0 Å². The van der Waals surface area contributed by atoms with Gasteiger partial charge in [-0.15, -0.1) is 30.0 Å². The van der Waals surface area contributed by atoms with Gasteiger partial charge < -0.3 is 91.1 Å². The lowest BCUT2D eigenvalue weighted by Crippen LogP contribution is -2.16. The SMILES string of the molecule is COC(=O)CCc1cc(-n2nc3ccc(Cl)cc3n2)c(O)c(C(C)(C)C)c1.COCCOCCOCCOCCOCCOCCOCCO.COCCOCCOCCOCCOCCOCCOCCOC(=O)CCc1cc(-n2nc3ccc(Cl)cc3n2)c(O)c(C(C)(C)C)c1. The van der Waals surface area contributed by atoms with Crippen molar-refractivity contribution in [1.29, 1.82) is 0 Å². The molecule has 2 aromatic heterocycles. The summed E-state index contributed by atoms with van der Waals surface area (Å²) in [6.45, 7) is 25.3. The van der Waals surface area contributed by atoms with Gasteiger partial charge >= 0.3 is 11.9 Å². The minimum Gasteiger partial charge on any atom is -0.505 e. The van der Waals surface area contributed by atoms with E-state index in [-0.39, 0.29) is 66.9 Å². The molecule has 550 valence electrons. The van der Waals surface area contributed by atoms with E-state index < -0.39 is 0 Å². The van der Waals surface area contributed by atoms with E-state index in [4.69, 9.17) is 104 Å². The molecule has 0 amide bonds. The first-order valence-electron chi connectivity index (χ1n) is 32.8. The molecule has 0 atom stereocenters. The van der Waals surface area contributed by atoms with Crippen molar-refractivity contribution < 1.29 is 101 Å². The second kappa shape index (κ2) is 49.7. The van der Waals surface area contributed by atoms with Crippen molar-refractivity contribution in [3.8, 4) is 22.9 Å². The molecular weight excluding hydrogens is 1320 g/mol. The summed E-state index contributed by atoms with van der Waals surface area (Å²) < 4.78 is 84.0. The predicted molar refractivity (Wildman–Crippen MR) is 369 cm³/mol. The molecule has 2 heterocycles. The van der Waals surface area contributed by atoms with Gasteiger partial charge in [-0.2, -0.15) is 0 Å². The van der Waals surface area contributed by atoms with E-state index in [2.05, 4.69) is 20.4 Å². The molecule has 6 rings (SSSR count). The maximum Gasteiger partial charge on any atom is 0.306 e. The predicted octanol–water partition coefficient (Wildman–Crippen LogP) is 8.21. The number of aliphatic hydroxyl groups is 1. The number of aromatic hydroxyl groups is 2. The van der Waals surface area contributed by atoms with Gasteiger partial charge in [0.25, 0.3) is 0 Å². The third-order valence-corrected chi connectivity index (χ3v) is 14.3. The Kier molecular flexibility index (Phi) is 42.9. The summed E-state index contributed by atoms with van der Waals surface area (Å²) in [6.07, 6.45) is 1.35. The number of hydrogen-bond donors (Lipinski definition) is 3. The van der Waals surface area contributed by atoms with Crippen molar-refractivity contribution in [2.24, 2.45) is 0 Å². The maximum atomic E-state index is 12.4. The lowest BCUT2D eigenvalue weighted by Gasteiger charge is -2.23. The van der Waals surface area contributed by atoms with Gasteiger partial charge in [-0.3, -0.25) is 9.59 Å². The van der Waals surface area contributed by atoms with Gasteiger partial charge in [0.15, 0.2) is 0 Å². The van der Waals surface area contributed by atoms with E-state index in [0.717, 1.165) is 22.3 Å². The Labute approximate surface area is 585 Å². The van der Waals surface area contributed by atoms with Gasteiger partial charge in [-0.05, 0) is 83.3 Å². The standard InChI is InChI=1S/C34H50ClN3O10.C20H22ClN3O3.C15H32O8/c1-34(2,3)28-23-26(24-31(33(28)40)38-36-29-7-6-27(35)25-30(29)37-38)5-8-32(39)48-22-21-47-20-19-46-18-17-45-16-15-44-14-13-43-12-11-42-10-9-41-4;1-20(2,3)14-9-12(5-8-18(25)27-4)10-17(19(14)26)24-22-15-7-6-13(21)11-16(15)23-24;1-17-4-5-19-8-9-21-12-13-23-15-14-22-11-10-20-7-6-18-3-2-16/h6-7,23-25,40H,5,8-22H2,1-4H3;6-7,9-11,26H,5,8H2,1-4H3;16H,2-15H2,1H3. The van der Waals surface area contributed by atoms with E-state index in [0.29, 0.717) is 222 Å². The van der Waals surface area contributed by atoms with Crippen LogP contribution in [0.25, 0.3) is 33.4 Å². The molecule has 4 aromatic carbocycles. The number of halogens is 2. The molecule has 0 saturated carbocycles. The smallest absolute Gasteiger partial charge is 0.306 e. The largest absolute Gasteiger partial charge is 0.505 e. The Morgan fingerprint density at radius 1 is 0.388 bits per heavy atom. The number of aromatic nitrogens is 6. The van der Waals surface area contributed by atoms with Crippen LogP contribution in [-0.2, 0) is 109 Å². The van der Waals surface area contributed by atoms with Gasteiger partial charge in [0, 0.05) is 48.2 Å². The highest BCUT2D eigenvalue weighted by atomic mass is 35.5. The summed E-state index contributed by atoms with van der Waals surface area (Å²) in [6, 6.07) is 17.9. The number of carbonyl (C=O) groups excluding carboxylic acids is 2. The number of ether oxygens (including phenoxy) is 16. The van der Waals surface area contributed by atoms with Crippen LogP contribution < -0.4 is 0 Å². The van der Waals surface area contributed by atoms with Gasteiger partial charge in [0.05, 0.1) is 185 Å². The molecule has 0 radical (unpaired) electrons. The average molecular weight is 1420 g/mol. The molecule has 0 saturated heterocycles. The molecular formula is C69H104Cl2N6O21. The number of aliphatic hydroxyl groups excluding tert-OH is 1.